The molecular formula is C12H22N2S. The predicted molar refractivity (Wildman–Crippen MR) is 66.4 cm³/mol. The van der Waals surface area contributed by atoms with E-state index in [1.807, 2.05) is 0 Å². The standard InChI is InChI=1S/C12H22N2S/c1-3-5-7-9-11-12(15-14-13-11)10-8-6-4-2/h3-10H2,1-2H3. The minimum atomic E-state index is 1.13. The van der Waals surface area contributed by atoms with Gasteiger partial charge in [0.15, 0.2) is 0 Å². The van der Waals surface area contributed by atoms with E-state index >= 15 is 0 Å². The van der Waals surface area contributed by atoms with Gasteiger partial charge in [0.1, 0.15) is 0 Å². The molecule has 1 aromatic heterocycles. The van der Waals surface area contributed by atoms with E-state index in [2.05, 4.69) is 23.4 Å². The minimum Gasteiger partial charge on any atom is -0.143 e. The lowest BCUT2D eigenvalue weighted by molar-refractivity contribution is 0.688. The van der Waals surface area contributed by atoms with Gasteiger partial charge in [0.25, 0.3) is 0 Å². The van der Waals surface area contributed by atoms with Crippen LogP contribution in [0.3, 0.4) is 0 Å². The summed E-state index contributed by atoms with van der Waals surface area (Å²) in [6, 6.07) is 0. The van der Waals surface area contributed by atoms with Gasteiger partial charge in [-0.2, -0.15) is 0 Å². The van der Waals surface area contributed by atoms with E-state index in [0.717, 1.165) is 6.42 Å². The van der Waals surface area contributed by atoms with Crippen molar-refractivity contribution >= 4 is 11.5 Å². The Morgan fingerprint density at radius 1 is 0.933 bits per heavy atom. The highest BCUT2D eigenvalue weighted by Gasteiger charge is 2.06. The van der Waals surface area contributed by atoms with Crippen LogP contribution in [0.15, 0.2) is 0 Å². The molecule has 0 aliphatic carbocycles. The van der Waals surface area contributed by atoms with Crippen molar-refractivity contribution < 1.29 is 0 Å². The molecule has 0 atom stereocenters. The zero-order chi connectivity index (χ0) is 10.9. The Morgan fingerprint density at radius 3 is 2.27 bits per heavy atom. The fourth-order valence-corrected chi connectivity index (χ4v) is 2.41. The summed E-state index contributed by atoms with van der Waals surface area (Å²) in [6.07, 6.45) is 10.1. The van der Waals surface area contributed by atoms with Crippen molar-refractivity contribution in [1.29, 1.82) is 0 Å². The molecule has 0 bridgehead atoms. The van der Waals surface area contributed by atoms with Gasteiger partial charge in [0.05, 0.1) is 5.69 Å². The molecule has 0 fully saturated rings. The Morgan fingerprint density at radius 2 is 1.60 bits per heavy atom. The van der Waals surface area contributed by atoms with Gasteiger partial charge in [-0.25, -0.2) is 0 Å². The van der Waals surface area contributed by atoms with Crippen molar-refractivity contribution in [3.63, 3.8) is 0 Å². The van der Waals surface area contributed by atoms with E-state index in [1.54, 1.807) is 11.5 Å². The molecule has 86 valence electrons. The molecule has 2 nitrogen and oxygen atoms in total. The first kappa shape index (κ1) is 12.6. The molecule has 0 aliphatic heterocycles. The molecule has 0 saturated heterocycles. The molecule has 0 N–H and O–H groups in total. The summed E-state index contributed by atoms with van der Waals surface area (Å²) in [5.74, 6) is 0. The highest BCUT2D eigenvalue weighted by Crippen LogP contribution is 2.16. The zero-order valence-electron chi connectivity index (χ0n) is 9.96. The van der Waals surface area contributed by atoms with Gasteiger partial charge < -0.3 is 0 Å². The third-order valence-corrected chi connectivity index (χ3v) is 3.48. The summed E-state index contributed by atoms with van der Waals surface area (Å²) in [7, 11) is 0. The van der Waals surface area contributed by atoms with Crippen molar-refractivity contribution in [2.24, 2.45) is 0 Å². The lowest BCUT2D eigenvalue weighted by Gasteiger charge is -2.00. The third-order valence-electron chi connectivity index (χ3n) is 2.66. The van der Waals surface area contributed by atoms with Crippen LogP contribution in [0.5, 0.6) is 0 Å². The molecule has 0 spiro atoms. The number of nitrogens with zero attached hydrogens (tertiary/aromatic N) is 2. The van der Waals surface area contributed by atoms with E-state index in [0.29, 0.717) is 0 Å². The molecule has 1 aromatic rings. The number of aryl methyl sites for hydroxylation is 2. The fraction of sp³-hybridized carbons (Fsp3) is 0.833. The summed E-state index contributed by atoms with van der Waals surface area (Å²) < 4.78 is 4.07. The van der Waals surface area contributed by atoms with Crippen molar-refractivity contribution in [2.75, 3.05) is 0 Å². The van der Waals surface area contributed by atoms with Gasteiger partial charge >= 0.3 is 0 Å². The smallest absolute Gasteiger partial charge is 0.0787 e. The Balaban J connectivity index is 2.32. The van der Waals surface area contributed by atoms with Gasteiger partial charge in [0.2, 0.25) is 0 Å². The van der Waals surface area contributed by atoms with Crippen LogP contribution in [0, 0.1) is 0 Å². The molecule has 0 amide bonds. The normalized spacial score (nSPS) is 10.8. The van der Waals surface area contributed by atoms with Gasteiger partial charge in [-0.15, -0.1) is 5.10 Å². The Kier molecular flexibility index (Phi) is 6.57. The highest BCUT2D eigenvalue weighted by atomic mass is 32.1. The maximum Gasteiger partial charge on any atom is 0.0787 e. The summed E-state index contributed by atoms with van der Waals surface area (Å²) in [4.78, 5) is 1.43. The van der Waals surface area contributed by atoms with E-state index in [4.69, 9.17) is 0 Å². The van der Waals surface area contributed by atoms with Crippen molar-refractivity contribution in [3.05, 3.63) is 10.6 Å². The second-order valence-electron chi connectivity index (χ2n) is 4.06. The van der Waals surface area contributed by atoms with Crippen LogP contribution < -0.4 is 0 Å². The van der Waals surface area contributed by atoms with E-state index in [-0.39, 0.29) is 0 Å². The molecule has 0 aromatic carbocycles. The van der Waals surface area contributed by atoms with Gasteiger partial charge in [-0.3, -0.25) is 0 Å². The highest BCUT2D eigenvalue weighted by molar-refractivity contribution is 7.05. The average Bonchev–Trinajstić information content (AvgIpc) is 2.67. The van der Waals surface area contributed by atoms with Crippen molar-refractivity contribution in [1.82, 2.24) is 9.59 Å². The van der Waals surface area contributed by atoms with Crippen LogP contribution in [0.2, 0.25) is 0 Å². The van der Waals surface area contributed by atoms with Crippen LogP contribution in [0.1, 0.15) is 62.9 Å². The molecule has 3 heteroatoms. The number of aromatic nitrogens is 2. The van der Waals surface area contributed by atoms with Crippen LogP contribution in [0.25, 0.3) is 0 Å². The van der Waals surface area contributed by atoms with E-state index in [9.17, 15) is 0 Å². The fourth-order valence-electron chi connectivity index (χ4n) is 1.68. The third kappa shape index (κ3) is 4.74. The van der Waals surface area contributed by atoms with Gasteiger partial charge in [0, 0.05) is 4.88 Å². The second kappa shape index (κ2) is 7.80. The number of unbranched alkanes of at least 4 members (excludes halogenated alkanes) is 4. The molecule has 0 unspecified atom stereocenters. The van der Waals surface area contributed by atoms with Crippen molar-refractivity contribution in [2.45, 2.75) is 65.2 Å². The summed E-state index contributed by atoms with van der Waals surface area (Å²) >= 11 is 1.60. The van der Waals surface area contributed by atoms with Crippen LogP contribution in [0.4, 0.5) is 0 Å². The van der Waals surface area contributed by atoms with Gasteiger partial charge in [-0.1, -0.05) is 44.0 Å². The van der Waals surface area contributed by atoms with E-state index < -0.39 is 0 Å². The maximum atomic E-state index is 4.24. The van der Waals surface area contributed by atoms with Gasteiger partial charge in [-0.05, 0) is 37.2 Å². The zero-order valence-corrected chi connectivity index (χ0v) is 10.8. The molecule has 0 aliphatic rings. The first-order valence-electron chi connectivity index (χ1n) is 6.18. The van der Waals surface area contributed by atoms with Crippen LogP contribution in [-0.2, 0) is 12.8 Å². The lowest BCUT2D eigenvalue weighted by atomic mass is 10.1. The lowest BCUT2D eigenvalue weighted by Crippen LogP contribution is -1.92. The molecule has 0 saturated carbocycles. The Labute approximate surface area is 97.3 Å². The minimum absolute atomic E-state index is 1.13. The maximum absolute atomic E-state index is 4.24. The topological polar surface area (TPSA) is 25.8 Å². The first-order chi connectivity index (χ1) is 7.38. The Bertz CT molecular complexity index is 233. The SMILES string of the molecule is CCCCCc1nnsc1CCCCC. The second-order valence-corrected chi connectivity index (χ2v) is 4.90. The summed E-state index contributed by atoms with van der Waals surface area (Å²) in [5.41, 5.74) is 1.27. The molecular weight excluding hydrogens is 204 g/mol. The monoisotopic (exact) mass is 226 g/mol. The molecule has 1 heterocycles. The summed E-state index contributed by atoms with van der Waals surface area (Å²) in [6.45, 7) is 4.48. The quantitative estimate of drug-likeness (QED) is 0.626. The molecule has 1 rings (SSSR count). The molecule has 0 radical (unpaired) electrons. The predicted octanol–water partition coefficient (Wildman–Crippen LogP) is 4.00. The average molecular weight is 226 g/mol. The van der Waals surface area contributed by atoms with E-state index in [1.165, 1.54) is 55.5 Å². The summed E-state index contributed by atoms with van der Waals surface area (Å²) in [5, 5.41) is 4.24. The van der Waals surface area contributed by atoms with Crippen LogP contribution >= 0.6 is 11.5 Å². The first-order valence-corrected chi connectivity index (χ1v) is 6.96. The van der Waals surface area contributed by atoms with Crippen LogP contribution in [-0.4, -0.2) is 9.59 Å². The molecule has 15 heavy (non-hydrogen) atoms. The number of hydrogen-bond acceptors (Lipinski definition) is 3. The Hall–Kier alpha value is -0.440. The number of hydrogen-bond donors (Lipinski definition) is 0. The number of rotatable bonds is 8. The largest absolute Gasteiger partial charge is 0.143 e. The van der Waals surface area contributed by atoms with Crippen molar-refractivity contribution in [3.8, 4) is 0 Å².